The lowest BCUT2D eigenvalue weighted by Crippen LogP contribution is -1.98. The summed E-state index contributed by atoms with van der Waals surface area (Å²) < 4.78 is 18.7. The number of nitrogens with zero attached hydrogens (tertiary/aromatic N) is 1. The van der Waals surface area contributed by atoms with Crippen molar-refractivity contribution < 1.29 is 14.2 Å². The molecule has 0 N–H and O–H groups in total. The molecule has 1 heterocycles. The monoisotopic (exact) mass is 333 g/mol. The molecule has 0 radical (unpaired) electrons. The van der Waals surface area contributed by atoms with Gasteiger partial charge in [-0.25, -0.2) is 0 Å². The summed E-state index contributed by atoms with van der Waals surface area (Å²) in [5.74, 6) is 2.45. The van der Waals surface area contributed by atoms with Crippen LogP contribution >= 0.6 is 0 Å². The van der Waals surface area contributed by atoms with E-state index < -0.39 is 0 Å². The maximum atomic E-state index is 5.60. The number of benzene rings is 3. The third kappa shape index (κ3) is 2.38. The fourth-order valence-electron chi connectivity index (χ4n) is 3.31. The molecule has 0 atom stereocenters. The van der Waals surface area contributed by atoms with Crippen molar-refractivity contribution in [1.29, 1.82) is 0 Å². The Balaban J connectivity index is 2.17. The molecule has 0 amide bonds. The van der Waals surface area contributed by atoms with E-state index in [1.165, 1.54) is 0 Å². The molecule has 0 aliphatic heterocycles. The normalized spacial score (nSPS) is 11.0. The topological polar surface area (TPSA) is 32.6 Å². The van der Waals surface area contributed by atoms with E-state index in [-0.39, 0.29) is 0 Å². The zero-order valence-electron chi connectivity index (χ0n) is 14.4. The minimum atomic E-state index is 0.812. The maximum Gasteiger partial charge on any atom is 0.142 e. The number of fused-ring (bicyclic) bond motifs is 3. The Morgan fingerprint density at radius 2 is 1.20 bits per heavy atom. The first-order valence-corrected chi connectivity index (χ1v) is 8.06. The van der Waals surface area contributed by atoms with Crippen LogP contribution in [0.3, 0.4) is 0 Å². The SMILES string of the molecule is COc1ccc2c3ccc(OC)cc3n(-c3ccccc3OC)c2c1. The molecule has 25 heavy (non-hydrogen) atoms. The van der Waals surface area contributed by atoms with E-state index in [1.807, 2.05) is 42.5 Å². The Hall–Kier alpha value is -3.14. The predicted molar refractivity (Wildman–Crippen MR) is 100 cm³/mol. The molecule has 4 heteroatoms. The van der Waals surface area contributed by atoms with Gasteiger partial charge in [-0.15, -0.1) is 0 Å². The molecule has 1 aromatic heterocycles. The third-order valence-electron chi connectivity index (χ3n) is 4.51. The summed E-state index contributed by atoms with van der Waals surface area (Å²) in [6, 6.07) is 20.3. The van der Waals surface area contributed by atoms with Gasteiger partial charge in [0.1, 0.15) is 17.2 Å². The van der Waals surface area contributed by atoms with Crippen LogP contribution in [-0.2, 0) is 0 Å². The minimum absolute atomic E-state index is 0.812. The Bertz CT molecular complexity index is 1000. The van der Waals surface area contributed by atoms with Crippen LogP contribution < -0.4 is 14.2 Å². The van der Waals surface area contributed by atoms with E-state index in [4.69, 9.17) is 14.2 Å². The van der Waals surface area contributed by atoms with E-state index in [1.54, 1.807) is 21.3 Å². The van der Waals surface area contributed by atoms with E-state index in [2.05, 4.69) is 22.8 Å². The quantitative estimate of drug-likeness (QED) is 0.537. The molecule has 4 aromatic rings. The fourth-order valence-corrected chi connectivity index (χ4v) is 3.31. The van der Waals surface area contributed by atoms with Gasteiger partial charge >= 0.3 is 0 Å². The van der Waals surface area contributed by atoms with Gasteiger partial charge in [0, 0.05) is 22.9 Å². The van der Waals surface area contributed by atoms with Crippen molar-refractivity contribution in [2.45, 2.75) is 0 Å². The zero-order valence-corrected chi connectivity index (χ0v) is 14.4. The molecule has 0 bridgehead atoms. The molecule has 0 spiro atoms. The molecular formula is C21H19NO3. The van der Waals surface area contributed by atoms with Crippen molar-refractivity contribution in [2.75, 3.05) is 21.3 Å². The van der Waals surface area contributed by atoms with E-state index in [0.717, 1.165) is 44.7 Å². The molecule has 126 valence electrons. The van der Waals surface area contributed by atoms with Crippen LogP contribution in [0.4, 0.5) is 0 Å². The highest BCUT2D eigenvalue weighted by Gasteiger charge is 2.16. The second kappa shape index (κ2) is 6.06. The van der Waals surface area contributed by atoms with Crippen molar-refractivity contribution in [3.8, 4) is 22.9 Å². The van der Waals surface area contributed by atoms with Gasteiger partial charge in [0.2, 0.25) is 0 Å². The van der Waals surface area contributed by atoms with Gasteiger partial charge in [0.15, 0.2) is 0 Å². The third-order valence-corrected chi connectivity index (χ3v) is 4.51. The lowest BCUT2D eigenvalue weighted by molar-refractivity contribution is 0.412. The zero-order chi connectivity index (χ0) is 17.4. The smallest absolute Gasteiger partial charge is 0.142 e. The number of hydrogen-bond acceptors (Lipinski definition) is 3. The van der Waals surface area contributed by atoms with Gasteiger partial charge in [-0.1, -0.05) is 12.1 Å². The summed E-state index contributed by atoms with van der Waals surface area (Å²) in [5, 5.41) is 2.31. The lowest BCUT2D eigenvalue weighted by Gasteiger charge is -2.13. The molecular weight excluding hydrogens is 314 g/mol. The Kier molecular flexibility index (Phi) is 3.73. The number of ether oxygens (including phenoxy) is 3. The average molecular weight is 333 g/mol. The number of aromatic nitrogens is 1. The van der Waals surface area contributed by atoms with Gasteiger partial charge in [-0.3, -0.25) is 0 Å². The first kappa shape index (κ1) is 15.4. The van der Waals surface area contributed by atoms with Gasteiger partial charge in [0.05, 0.1) is 38.1 Å². The summed E-state index contributed by atoms with van der Waals surface area (Å²) in [5.41, 5.74) is 3.10. The molecule has 0 aliphatic rings. The highest BCUT2D eigenvalue weighted by Crippen LogP contribution is 2.38. The molecule has 0 aliphatic carbocycles. The van der Waals surface area contributed by atoms with E-state index in [0.29, 0.717) is 0 Å². The van der Waals surface area contributed by atoms with Crippen molar-refractivity contribution in [1.82, 2.24) is 4.57 Å². The number of methoxy groups -OCH3 is 3. The first-order valence-electron chi connectivity index (χ1n) is 8.06. The van der Waals surface area contributed by atoms with Crippen LogP contribution in [0, 0.1) is 0 Å². The highest BCUT2D eigenvalue weighted by atomic mass is 16.5. The van der Waals surface area contributed by atoms with Crippen molar-refractivity contribution in [3.63, 3.8) is 0 Å². The summed E-state index contributed by atoms with van der Waals surface area (Å²) >= 11 is 0. The fraction of sp³-hybridized carbons (Fsp3) is 0.143. The Morgan fingerprint density at radius 3 is 1.72 bits per heavy atom. The highest BCUT2D eigenvalue weighted by molar-refractivity contribution is 6.10. The summed E-state index contributed by atoms with van der Waals surface area (Å²) in [4.78, 5) is 0. The maximum absolute atomic E-state index is 5.60. The predicted octanol–water partition coefficient (Wildman–Crippen LogP) is 4.81. The van der Waals surface area contributed by atoms with Crippen LogP contribution in [0.2, 0.25) is 0 Å². The summed E-state index contributed by atoms with van der Waals surface area (Å²) in [6.07, 6.45) is 0. The van der Waals surface area contributed by atoms with Crippen LogP contribution in [0.15, 0.2) is 60.7 Å². The number of rotatable bonds is 4. The van der Waals surface area contributed by atoms with Gasteiger partial charge < -0.3 is 18.8 Å². The number of hydrogen-bond donors (Lipinski definition) is 0. The standard InChI is InChI=1S/C21H19NO3/c1-23-14-8-10-16-17-11-9-15(24-2)13-20(17)22(19(16)12-14)18-6-4-5-7-21(18)25-3/h4-13H,1-3H3. The van der Waals surface area contributed by atoms with Crippen LogP contribution in [0.5, 0.6) is 17.2 Å². The van der Waals surface area contributed by atoms with Gasteiger partial charge in [-0.05, 0) is 36.4 Å². The minimum Gasteiger partial charge on any atom is -0.497 e. The summed E-state index contributed by atoms with van der Waals surface area (Å²) in [6.45, 7) is 0. The first-order chi connectivity index (χ1) is 12.3. The number of para-hydroxylation sites is 2. The Morgan fingerprint density at radius 1 is 0.640 bits per heavy atom. The van der Waals surface area contributed by atoms with Crippen molar-refractivity contribution in [3.05, 3.63) is 60.7 Å². The van der Waals surface area contributed by atoms with Gasteiger partial charge in [-0.2, -0.15) is 0 Å². The van der Waals surface area contributed by atoms with Gasteiger partial charge in [0.25, 0.3) is 0 Å². The van der Waals surface area contributed by atoms with Crippen molar-refractivity contribution >= 4 is 21.8 Å². The molecule has 0 saturated heterocycles. The lowest BCUT2D eigenvalue weighted by atomic mass is 10.1. The van der Waals surface area contributed by atoms with E-state index in [9.17, 15) is 0 Å². The Labute approximate surface area is 146 Å². The van der Waals surface area contributed by atoms with Crippen LogP contribution in [0.25, 0.3) is 27.5 Å². The molecule has 3 aromatic carbocycles. The van der Waals surface area contributed by atoms with Crippen molar-refractivity contribution in [2.24, 2.45) is 0 Å². The average Bonchev–Trinajstić information content (AvgIpc) is 3.00. The largest absolute Gasteiger partial charge is 0.497 e. The molecule has 4 nitrogen and oxygen atoms in total. The van der Waals surface area contributed by atoms with Crippen LogP contribution in [0.1, 0.15) is 0 Å². The molecule has 0 unspecified atom stereocenters. The second-order valence-electron chi connectivity index (χ2n) is 5.77. The van der Waals surface area contributed by atoms with Crippen LogP contribution in [-0.4, -0.2) is 25.9 Å². The molecule has 0 saturated carbocycles. The summed E-state index contributed by atoms with van der Waals surface area (Å²) in [7, 11) is 5.05. The molecule has 0 fully saturated rings. The second-order valence-corrected chi connectivity index (χ2v) is 5.77. The van der Waals surface area contributed by atoms with E-state index >= 15 is 0 Å². The molecule has 4 rings (SSSR count).